The molecule has 128 valence electrons. The lowest BCUT2D eigenvalue weighted by atomic mass is 10.2. The Kier molecular flexibility index (Phi) is 4.50. The summed E-state index contributed by atoms with van der Waals surface area (Å²) < 4.78 is 4.50. The van der Waals surface area contributed by atoms with Gasteiger partial charge in [0.15, 0.2) is 10.5 Å². The first kappa shape index (κ1) is 16.5. The number of thiocarbonyl (C=S) groups is 1. The summed E-state index contributed by atoms with van der Waals surface area (Å²) in [7, 11) is 0. The van der Waals surface area contributed by atoms with Gasteiger partial charge in [-0.25, -0.2) is 4.57 Å². The maximum Gasteiger partial charge on any atom is 0.294 e. The zero-order valence-electron chi connectivity index (χ0n) is 14.6. The van der Waals surface area contributed by atoms with Gasteiger partial charge in [0, 0.05) is 5.69 Å². The molecule has 3 nitrogen and oxygen atoms in total. The predicted molar refractivity (Wildman–Crippen MR) is 110 cm³/mol. The number of hydrogen-bond acceptors (Lipinski definition) is 1. The third-order valence-corrected chi connectivity index (χ3v) is 4.75. The van der Waals surface area contributed by atoms with Crippen molar-refractivity contribution in [3.63, 3.8) is 0 Å². The summed E-state index contributed by atoms with van der Waals surface area (Å²) in [6.45, 7) is 2.98. The number of aromatic nitrogens is 2. The molecule has 0 radical (unpaired) electrons. The van der Waals surface area contributed by atoms with Crippen molar-refractivity contribution < 1.29 is 4.57 Å². The number of rotatable bonds is 4. The number of benzene rings is 2. The fraction of sp³-hybridized carbons (Fsp3) is 0.0909. The molecule has 0 spiro atoms. The lowest BCUT2D eigenvalue weighted by molar-refractivity contribution is -0.682. The third-order valence-electron chi connectivity index (χ3n) is 4.45. The Balaban J connectivity index is 1.91. The highest BCUT2D eigenvalue weighted by Crippen LogP contribution is 2.22. The van der Waals surface area contributed by atoms with Crippen molar-refractivity contribution in [1.29, 1.82) is 0 Å². The molecule has 1 N–H and O–H groups in total. The van der Waals surface area contributed by atoms with Gasteiger partial charge in [0.25, 0.3) is 5.82 Å². The van der Waals surface area contributed by atoms with E-state index in [1.807, 2.05) is 36.4 Å². The van der Waals surface area contributed by atoms with Gasteiger partial charge in [0.1, 0.15) is 0 Å². The standard InChI is InChI=1S/C22H19N3S/c1-2-24-20(21(26)23-18-13-7-4-8-14-18)19-15-9-10-16-25(19)22(24)17-11-5-3-6-12-17/h3-16H,2H2,1H3/p+1. The summed E-state index contributed by atoms with van der Waals surface area (Å²) >= 11 is 5.80. The summed E-state index contributed by atoms with van der Waals surface area (Å²) in [5.41, 5.74) is 4.30. The van der Waals surface area contributed by atoms with E-state index in [9.17, 15) is 0 Å². The minimum absolute atomic E-state index is 0.726. The maximum absolute atomic E-state index is 5.80. The molecule has 0 aliphatic heterocycles. The van der Waals surface area contributed by atoms with E-state index in [1.54, 1.807) is 0 Å². The molecule has 0 bridgehead atoms. The topological polar surface area (TPSA) is 20.3 Å². The van der Waals surface area contributed by atoms with E-state index in [1.165, 1.54) is 5.56 Å². The molecule has 0 fully saturated rings. The number of fused-ring (bicyclic) bond motifs is 1. The third kappa shape index (κ3) is 2.89. The Hall–Kier alpha value is -2.98. The molecule has 2 aromatic heterocycles. The van der Waals surface area contributed by atoms with Gasteiger partial charge in [0.05, 0.1) is 18.3 Å². The number of pyridine rings is 1. The van der Waals surface area contributed by atoms with Gasteiger partial charge in [-0.2, -0.15) is 4.40 Å². The van der Waals surface area contributed by atoms with E-state index < -0.39 is 0 Å². The largest absolute Gasteiger partial charge is 0.343 e. The zero-order chi connectivity index (χ0) is 17.9. The second-order valence-corrected chi connectivity index (χ2v) is 6.47. The van der Waals surface area contributed by atoms with Crippen LogP contribution in [0.3, 0.4) is 0 Å². The van der Waals surface area contributed by atoms with Crippen molar-refractivity contribution in [2.75, 3.05) is 5.32 Å². The Morgan fingerprint density at radius 1 is 0.923 bits per heavy atom. The van der Waals surface area contributed by atoms with Crippen LogP contribution in [0.15, 0.2) is 85.1 Å². The number of para-hydroxylation sites is 1. The van der Waals surface area contributed by atoms with Crippen LogP contribution in [0, 0.1) is 0 Å². The van der Waals surface area contributed by atoms with E-state index in [0.717, 1.165) is 34.3 Å². The Labute approximate surface area is 158 Å². The van der Waals surface area contributed by atoms with Gasteiger partial charge >= 0.3 is 0 Å². The van der Waals surface area contributed by atoms with Gasteiger partial charge in [-0.05, 0) is 43.3 Å². The number of nitrogens with zero attached hydrogens (tertiary/aromatic N) is 2. The Bertz CT molecular complexity index is 1050. The number of nitrogens with one attached hydrogen (secondary N) is 1. The molecule has 0 saturated heterocycles. The highest BCUT2D eigenvalue weighted by molar-refractivity contribution is 7.81. The SMILES string of the molecule is CC[n+]1c(C(=S)Nc2ccccc2)c2ccccn2c1-c1ccccc1. The van der Waals surface area contributed by atoms with Crippen molar-refractivity contribution in [3.05, 3.63) is 90.8 Å². The first-order valence-electron chi connectivity index (χ1n) is 8.74. The summed E-state index contributed by atoms with van der Waals surface area (Å²) in [4.78, 5) is 0.726. The van der Waals surface area contributed by atoms with E-state index in [2.05, 4.69) is 69.9 Å². The van der Waals surface area contributed by atoms with Crippen LogP contribution < -0.4 is 9.88 Å². The molecule has 26 heavy (non-hydrogen) atoms. The first-order chi connectivity index (χ1) is 12.8. The average molecular weight is 358 g/mol. The van der Waals surface area contributed by atoms with Gasteiger partial charge < -0.3 is 5.32 Å². The van der Waals surface area contributed by atoms with Crippen molar-refractivity contribution in [2.45, 2.75) is 13.5 Å². The van der Waals surface area contributed by atoms with E-state index in [-0.39, 0.29) is 0 Å². The molecule has 0 atom stereocenters. The van der Waals surface area contributed by atoms with Crippen molar-refractivity contribution >= 4 is 28.4 Å². The molecule has 4 rings (SSSR count). The molecule has 0 saturated carbocycles. The predicted octanol–water partition coefficient (Wildman–Crippen LogP) is 4.70. The van der Waals surface area contributed by atoms with Gasteiger partial charge in [-0.3, -0.25) is 0 Å². The smallest absolute Gasteiger partial charge is 0.294 e. The fourth-order valence-corrected chi connectivity index (χ4v) is 3.67. The molecule has 0 aliphatic rings. The number of hydrogen-bond donors (Lipinski definition) is 1. The molecule has 0 aliphatic carbocycles. The molecule has 2 aromatic carbocycles. The summed E-state index contributed by atoms with van der Waals surface area (Å²) in [5, 5.41) is 3.39. The van der Waals surface area contributed by atoms with Crippen LogP contribution in [0.5, 0.6) is 0 Å². The molecule has 2 heterocycles. The van der Waals surface area contributed by atoms with Crippen molar-refractivity contribution in [3.8, 4) is 11.4 Å². The van der Waals surface area contributed by atoms with Crippen LogP contribution in [0.4, 0.5) is 5.69 Å². The zero-order valence-corrected chi connectivity index (χ0v) is 15.4. The Morgan fingerprint density at radius 3 is 2.27 bits per heavy atom. The van der Waals surface area contributed by atoms with Gasteiger partial charge in [-0.15, -0.1) is 0 Å². The number of imidazole rings is 1. The Morgan fingerprint density at radius 2 is 1.58 bits per heavy atom. The lowest BCUT2D eigenvalue weighted by Gasteiger charge is -2.07. The first-order valence-corrected chi connectivity index (χ1v) is 9.15. The minimum atomic E-state index is 0.726. The summed E-state index contributed by atoms with van der Waals surface area (Å²) in [6, 6.07) is 26.7. The number of anilines is 1. The second-order valence-electron chi connectivity index (χ2n) is 6.06. The fourth-order valence-electron chi connectivity index (χ4n) is 3.34. The van der Waals surface area contributed by atoms with Crippen LogP contribution in [-0.4, -0.2) is 9.39 Å². The van der Waals surface area contributed by atoms with Crippen LogP contribution in [0.1, 0.15) is 12.6 Å². The van der Waals surface area contributed by atoms with Crippen LogP contribution in [0.2, 0.25) is 0 Å². The van der Waals surface area contributed by atoms with Crippen LogP contribution in [0.25, 0.3) is 16.9 Å². The van der Waals surface area contributed by atoms with E-state index in [4.69, 9.17) is 12.2 Å². The summed E-state index contributed by atoms with van der Waals surface area (Å²) in [6.07, 6.45) is 2.10. The molecule has 4 aromatic rings. The minimum Gasteiger partial charge on any atom is -0.343 e. The van der Waals surface area contributed by atoms with Crippen molar-refractivity contribution in [1.82, 2.24) is 4.40 Å². The summed E-state index contributed by atoms with van der Waals surface area (Å²) in [5.74, 6) is 1.14. The van der Waals surface area contributed by atoms with Crippen LogP contribution >= 0.6 is 12.2 Å². The quantitative estimate of drug-likeness (QED) is 0.421. The molecule has 0 amide bonds. The highest BCUT2D eigenvalue weighted by atomic mass is 32.1. The van der Waals surface area contributed by atoms with Crippen molar-refractivity contribution in [2.24, 2.45) is 0 Å². The average Bonchev–Trinajstić information content (AvgIpc) is 3.04. The van der Waals surface area contributed by atoms with Gasteiger partial charge in [0.2, 0.25) is 5.69 Å². The molecule has 4 heteroatoms. The second kappa shape index (κ2) is 7.10. The van der Waals surface area contributed by atoms with Gasteiger partial charge in [-0.1, -0.05) is 54.7 Å². The molecule has 0 unspecified atom stereocenters. The van der Waals surface area contributed by atoms with E-state index >= 15 is 0 Å². The van der Waals surface area contributed by atoms with E-state index in [0.29, 0.717) is 0 Å². The lowest BCUT2D eigenvalue weighted by Crippen LogP contribution is -2.40. The monoisotopic (exact) mass is 358 g/mol. The molecular weight excluding hydrogens is 338 g/mol. The maximum atomic E-state index is 5.80. The highest BCUT2D eigenvalue weighted by Gasteiger charge is 2.28. The molecular formula is C22H20N3S+. The van der Waals surface area contributed by atoms with Crippen LogP contribution in [-0.2, 0) is 6.54 Å². The normalized spacial score (nSPS) is 10.8.